The molecule has 1 aromatic rings. The summed E-state index contributed by atoms with van der Waals surface area (Å²) in [6, 6.07) is 0. The minimum Gasteiger partial charge on any atom is -0.478 e. The molecule has 0 atom stereocenters. The first-order valence-corrected chi connectivity index (χ1v) is 6.10. The lowest BCUT2D eigenvalue weighted by Crippen LogP contribution is -2.53. The molecule has 20 heavy (non-hydrogen) atoms. The number of aromatic nitrogens is 2. The van der Waals surface area contributed by atoms with E-state index in [1.807, 2.05) is 0 Å². The minimum atomic E-state index is -1.16. The normalized spacial score (nSPS) is 15.7. The summed E-state index contributed by atoms with van der Waals surface area (Å²) < 4.78 is 0. The first-order valence-electron chi connectivity index (χ1n) is 6.10. The summed E-state index contributed by atoms with van der Waals surface area (Å²) in [4.78, 5) is 45.1. The highest BCUT2D eigenvalue weighted by molar-refractivity contribution is 5.93. The number of piperazine rings is 1. The molecule has 0 saturated carbocycles. The summed E-state index contributed by atoms with van der Waals surface area (Å²) in [6.07, 6.45) is 2.40. The van der Waals surface area contributed by atoms with E-state index < -0.39 is 5.97 Å². The van der Waals surface area contributed by atoms with E-state index >= 15 is 0 Å². The van der Waals surface area contributed by atoms with E-state index in [0.717, 1.165) is 0 Å². The second-order valence-corrected chi connectivity index (χ2v) is 4.35. The predicted molar refractivity (Wildman–Crippen MR) is 66.7 cm³/mol. The number of nitrogens with zero attached hydrogens (tertiary/aromatic N) is 4. The van der Waals surface area contributed by atoms with Crippen molar-refractivity contribution in [2.45, 2.75) is 13.5 Å². The molecule has 106 valence electrons. The Labute approximate surface area is 115 Å². The molecule has 2 amide bonds. The Morgan fingerprint density at radius 2 is 1.95 bits per heavy atom. The van der Waals surface area contributed by atoms with Crippen LogP contribution in [0.2, 0.25) is 0 Å². The highest BCUT2D eigenvalue weighted by atomic mass is 16.4. The Kier molecular flexibility index (Phi) is 3.92. The molecular weight excluding hydrogens is 264 g/mol. The summed E-state index contributed by atoms with van der Waals surface area (Å²) in [7, 11) is 0. The van der Waals surface area contributed by atoms with Crippen molar-refractivity contribution in [3.05, 3.63) is 23.8 Å². The first-order chi connectivity index (χ1) is 9.52. The molecule has 0 radical (unpaired) electrons. The second-order valence-electron chi connectivity index (χ2n) is 4.35. The molecule has 0 unspecified atom stereocenters. The van der Waals surface area contributed by atoms with Gasteiger partial charge in [0.05, 0.1) is 18.8 Å². The zero-order valence-electron chi connectivity index (χ0n) is 10.9. The summed E-state index contributed by atoms with van der Waals surface area (Å²) >= 11 is 0. The quantitative estimate of drug-likeness (QED) is 0.786. The van der Waals surface area contributed by atoms with Gasteiger partial charge < -0.3 is 14.9 Å². The van der Waals surface area contributed by atoms with E-state index in [1.165, 1.54) is 22.3 Å². The average Bonchev–Trinajstić information content (AvgIpc) is 2.42. The Morgan fingerprint density at radius 1 is 1.30 bits per heavy atom. The molecule has 0 aliphatic carbocycles. The maximum absolute atomic E-state index is 11.9. The largest absolute Gasteiger partial charge is 0.478 e. The molecule has 2 heterocycles. The third-order valence-electron chi connectivity index (χ3n) is 3.11. The Balaban J connectivity index is 2.17. The summed E-state index contributed by atoms with van der Waals surface area (Å²) in [5, 5.41) is 9.03. The third-order valence-corrected chi connectivity index (χ3v) is 3.11. The van der Waals surface area contributed by atoms with Gasteiger partial charge in [0.2, 0.25) is 11.8 Å². The summed E-state index contributed by atoms with van der Waals surface area (Å²) in [6.45, 7) is 2.23. The molecule has 8 heteroatoms. The fraction of sp³-hybridized carbons (Fsp3) is 0.417. The zero-order chi connectivity index (χ0) is 14.7. The molecule has 1 aliphatic heterocycles. The second kappa shape index (κ2) is 5.64. The number of hydrogen-bond acceptors (Lipinski definition) is 5. The van der Waals surface area contributed by atoms with Crippen molar-refractivity contribution in [2.24, 2.45) is 0 Å². The van der Waals surface area contributed by atoms with Crippen LogP contribution in [0.1, 0.15) is 23.0 Å². The van der Waals surface area contributed by atoms with Crippen molar-refractivity contribution < 1.29 is 19.5 Å². The van der Waals surface area contributed by atoms with Crippen LogP contribution >= 0.6 is 0 Å². The number of carbonyl (C=O) groups is 3. The van der Waals surface area contributed by atoms with Gasteiger partial charge in [0, 0.05) is 12.7 Å². The first kappa shape index (κ1) is 13.9. The van der Waals surface area contributed by atoms with E-state index in [9.17, 15) is 14.4 Å². The molecule has 1 fully saturated rings. The van der Waals surface area contributed by atoms with Gasteiger partial charge in [0.1, 0.15) is 18.4 Å². The molecule has 1 aromatic heterocycles. The van der Waals surface area contributed by atoms with Crippen LogP contribution < -0.4 is 0 Å². The predicted octanol–water partition coefficient (Wildman–Crippen LogP) is -0.634. The molecule has 0 bridgehead atoms. The van der Waals surface area contributed by atoms with Crippen molar-refractivity contribution in [3.8, 4) is 0 Å². The summed E-state index contributed by atoms with van der Waals surface area (Å²) in [5.41, 5.74) is 0.157. The van der Waals surface area contributed by atoms with Gasteiger partial charge in [-0.15, -0.1) is 0 Å². The minimum absolute atomic E-state index is 0.00766. The highest BCUT2D eigenvalue weighted by Gasteiger charge is 2.29. The number of likely N-dealkylation sites (N-methyl/N-ethyl adjacent to an activating group) is 1. The van der Waals surface area contributed by atoms with Crippen LogP contribution in [-0.4, -0.2) is 62.3 Å². The SMILES string of the molecule is CCN1CC(=O)N(Cc2ncncc2C(=O)O)CC1=O. The van der Waals surface area contributed by atoms with E-state index in [-0.39, 0.29) is 42.7 Å². The van der Waals surface area contributed by atoms with Gasteiger partial charge in [-0.1, -0.05) is 0 Å². The number of hydrogen-bond donors (Lipinski definition) is 1. The fourth-order valence-electron chi connectivity index (χ4n) is 1.98. The van der Waals surface area contributed by atoms with Crippen LogP contribution in [0.15, 0.2) is 12.5 Å². The topological polar surface area (TPSA) is 104 Å². The van der Waals surface area contributed by atoms with Crippen molar-refractivity contribution in [1.29, 1.82) is 0 Å². The van der Waals surface area contributed by atoms with Crippen LogP contribution in [0.25, 0.3) is 0 Å². The van der Waals surface area contributed by atoms with E-state index in [2.05, 4.69) is 9.97 Å². The van der Waals surface area contributed by atoms with Gasteiger partial charge in [-0.25, -0.2) is 14.8 Å². The van der Waals surface area contributed by atoms with Crippen molar-refractivity contribution >= 4 is 17.8 Å². The number of carboxylic acid groups (broad SMARTS) is 1. The molecule has 1 N–H and O–H groups in total. The summed E-state index contributed by atoms with van der Waals surface area (Å²) in [5.74, 6) is -1.54. The fourth-order valence-corrected chi connectivity index (χ4v) is 1.98. The maximum Gasteiger partial charge on any atom is 0.339 e. The Morgan fingerprint density at radius 3 is 2.60 bits per heavy atom. The molecular formula is C12H14N4O4. The van der Waals surface area contributed by atoms with Crippen LogP contribution in [0.5, 0.6) is 0 Å². The number of aromatic carboxylic acids is 1. The van der Waals surface area contributed by atoms with Gasteiger partial charge in [-0.2, -0.15) is 0 Å². The van der Waals surface area contributed by atoms with Crippen LogP contribution in [-0.2, 0) is 16.1 Å². The third kappa shape index (κ3) is 2.73. The molecule has 2 rings (SSSR count). The number of carbonyl (C=O) groups excluding carboxylic acids is 2. The van der Waals surface area contributed by atoms with Gasteiger partial charge in [0.15, 0.2) is 0 Å². The molecule has 1 saturated heterocycles. The van der Waals surface area contributed by atoms with Gasteiger partial charge >= 0.3 is 5.97 Å². The standard InChI is InChI=1S/C12H14N4O4/c1-2-15-5-11(18)16(6-10(15)17)4-9-8(12(19)20)3-13-7-14-9/h3,7H,2,4-6H2,1H3,(H,19,20). The molecule has 8 nitrogen and oxygen atoms in total. The highest BCUT2D eigenvalue weighted by Crippen LogP contribution is 2.11. The number of rotatable bonds is 4. The van der Waals surface area contributed by atoms with E-state index in [1.54, 1.807) is 6.92 Å². The van der Waals surface area contributed by atoms with Crippen LogP contribution in [0, 0.1) is 0 Å². The van der Waals surface area contributed by atoms with Gasteiger partial charge in [-0.05, 0) is 6.92 Å². The Hall–Kier alpha value is -2.51. The monoisotopic (exact) mass is 278 g/mol. The van der Waals surface area contributed by atoms with Crippen LogP contribution in [0.4, 0.5) is 0 Å². The van der Waals surface area contributed by atoms with Crippen molar-refractivity contribution in [2.75, 3.05) is 19.6 Å². The molecule has 0 spiro atoms. The molecule has 0 aromatic carbocycles. The number of carboxylic acids is 1. The zero-order valence-corrected chi connectivity index (χ0v) is 10.9. The lowest BCUT2D eigenvalue weighted by Gasteiger charge is -2.33. The Bertz CT molecular complexity index is 560. The van der Waals surface area contributed by atoms with Crippen molar-refractivity contribution in [3.63, 3.8) is 0 Å². The van der Waals surface area contributed by atoms with Gasteiger partial charge in [0.25, 0.3) is 0 Å². The smallest absolute Gasteiger partial charge is 0.339 e. The molecule has 1 aliphatic rings. The maximum atomic E-state index is 11.9. The average molecular weight is 278 g/mol. The van der Waals surface area contributed by atoms with Crippen LogP contribution in [0.3, 0.4) is 0 Å². The lowest BCUT2D eigenvalue weighted by atomic mass is 10.2. The van der Waals surface area contributed by atoms with Crippen molar-refractivity contribution in [1.82, 2.24) is 19.8 Å². The van der Waals surface area contributed by atoms with Gasteiger partial charge in [-0.3, -0.25) is 9.59 Å². The number of amides is 2. The lowest BCUT2D eigenvalue weighted by molar-refractivity contribution is -0.150. The van der Waals surface area contributed by atoms with E-state index in [0.29, 0.717) is 6.54 Å². The van der Waals surface area contributed by atoms with E-state index in [4.69, 9.17) is 5.11 Å².